The van der Waals surface area contributed by atoms with Crippen LogP contribution in [-0.4, -0.2) is 49.1 Å². The van der Waals surface area contributed by atoms with Gasteiger partial charge in [-0.2, -0.15) is 0 Å². The fourth-order valence-electron chi connectivity index (χ4n) is 1.33. The molecule has 6 nitrogen and oxygen atoms in total. The molecule has 0 aliphatic carbocycles. The molecule has 0 spiro atoms. The molecule has 0 fully saturated rings. The Labute approximate surface area is 124 Å². The first-order chi connectivity index (χ1) is 9.54. The Hall–Kier alpha value is -1.05. The molecule has 1 amide bonds. The summed E-state index contributed by atoms with van der Waals surface area (Å²) in [5.74, 6) is 0.350. The Morgan fingerprint density at radius 1 is 1.30 bits per heavy atom. The second-order valence-corrected chi connectivity index (χ2v) is 4.92. The Balaban J connectivity index is 4.60. The predicted molar refractivity (Wildman–Crippen MR) is 78.6 cm³/mol. The molecule has 0 rings (SSSR count). The van der Waals surface area contributed by atoms with Crippen LogP contribution in [0, 0.1) is 0 Å². The van der Waals surface area contributed by atoms with E-state index in [0.29, 0.717) is 19.0 Å². The van der Waals surface area contributed by atoms with E-state index in [1.165, 1.54) is 13.0 Å². The lowest BCUT2D eigenvalue weighted by atomic mass is 10.3. The standard InChI is InChI=1S/C13H23NO5S/c1-5-8-19-13(16)14-11(9-20-10(4)15)12(17-6-2)18-7-3/h5,11-12H,1,6-9H2,2-4H3,(H,14,16). The molecule has 1 unspecified atom stereocenters. The largest absolute Gasteiger partial charge is 0.445 e. The van der Waals surface area contributed by atoms with Crippen molar-refractivity contribution in [3.63, 3.8) is 0 Å². The fraction of sp³-hybridized carbons (Fsp3) is 0.692. The molecule has 1 N–H and O–H groups in total. The molecule has 0 aromatic heterocycles. The van der Waals surface area contributed by atoms with Crippen molar-refractivity contribution in [3.8, 4) is 0 Å². The van der Waals surface area contributed by atoms with Crippen LogP contribution in [0.15, 0.2) is 12.7 Å². The van der Waals surface area contributed by atoms with Crippen LogP contribution in [0.5, 0.6) is 0 Å². The second-order valence-electron chi connectivity index (χ2n) is 3.72. The van der Waals surface area contributed by atoms with Crippen molar-refractivity contribution < 1.29 is 23.8 Å². The van der Waals surface area contributed by atoms with E-state index in [0.717, 1.165) is 11.8 Å². The fourth-order valence-corrected chi connectivity index (χ4v) is 1.99. The minimum absolute atomic E-state index is 0.0389. The van der Waals surface area contributed by atoms with Gasteiger partial charge >= 0.3 is 6.09 Å². The molecule has 0 bridgehead atoms. The summed E-state index contributed by atoms with van der Waals surface area (Å²) >= 11 is 1.10. The highest BCUT2D eigenvalue weighted by Gasteiger charge is 2.25. The molecule has 0 aromatic rings. The van der Waals surface area contributed by atoms with Crippen molar-refractivity contribution in [3.05, 3.63) is 12.7 Å². The van der Waals surface area contributed by atoms with E-state index < -0.39 is 18.4 Å². The summed E-state index contributed by atoms with van der Waals surface area (Å²) in [6.45, 7) is 9.59. The number of thioether (sulfide) groups is 1. The van der Waals surface area contributed by atoms with Crippen LogP contribution >= 0.6 is 11.8 Å². The first-order valence-corrected chi connectivity index (χ1v) is 7.44. The Morgan fingerprint density at radius 2 is 1.90 bits per heavy atom. The monoisotopic (exact) mass is 305 g/mol. The van der Waals surface area contributed by atoms with Gasteiger partial charge in [-0.15, -0.1) is 0 Å². The summed E-state index contributed by atoms with van der Waals surface area (Å²) < 4.78 is 15.8. The van der Waals surface area contributed by atoms with E-state index in [1.54, 1.807) is 0 Å². The van der Waals surface area contributed by atoms with E-state index >= 15 is 0 Å². The number of nitrogens with one attached hydrogen (secondary N) is 1. The second kappa shape index (κ2) is 11.7. The van der Waals surface area contributed by atoms with E-state index in [9.17, 15) is 9.59 Å². The molecular weight excluding hydrogens is 282 g/mol. The molecule has 116 valence electrons. The van der Waals surface area contributed by atoms with Gasteiger partial charge in [-0.05, 0) is 13.8 Å². The third-order valence-corrected chi connectivity index (χ3v) is 3.02. The van der Waals surface area contributed by atoms with E-state index in [-0.39, 0.29) is 11.7 Å². The summed E-state index contributed by atoms with van der Waals surface area (Å²) in [4.78, 5) is 22.7. The topological polar surface area (TPSA) is 73.9 Å². The van der Waals surface area contributed by atoms with Gasteiger partial charge in [0, 0.05) is 25.9 Å². The summed E-state index contributed by atoms with van der Waals surface area (Å²) in [7, 11) is 0. The predicted octanol–water partition coefficient (Wildman–Crippen LogP) is 1.95. The zero-order chi connectivity index (χ0) is 15.4. The average Bonchev–Trinajstić information content (AvgIpc) is 2.40. The number of amides is 1. The van der Waals surface area contributed by atoms with Crippen LogP contribution in [0.2, 0.25) is 0 Å². The van der Waals surface area contributed by atoms with Gasteiger partial charge in [-0.3, -0.25) is 4.79 Å². The maximum atomic E-state index is 11.6. The molecule has 0 saturated carbocycles. The molecule has 20 heavy (non-hydrogen) atoms. The quantitative estimate of drug-likeness (QED) is 0.491. The third-order valence-electron chi connectivity index (χ3n) is 2.09. The first-order valence-electron chi connectivity index (χ1n) is 6.45. The number of carbonyl (C=O) groups is 2. The number of hydrogen-bond acceptors (Lipinski definition) is 6. The number of ether oxygens (including phenoxy) is 3. The van der Waals surface area contributed by atoms with Crippen molar-refractivity contribution in [2.24, 2.45) is 0 Å². The number of hydrogen-bond donors (Lipinski definition) is 1. The van der Waals surface area contributed by atoms with Crippen molar-refractivity contribution in [1.29, 1.82) is 0 Å². The number of rotatable bonds is 10. The lowest BCUT2D eigenvalue weighted by Crippen LogP contribution is -2.48. The molecular formula is C13H23NO5S. The minimum Gasteiger partial charge on any atom is -0.445 e. The summed E-state index contributed by atoms with van der Waals surface area (Å²) in [6.07, 6.45) is 0.262. The SMILES string of the molecule is C=CCOC(=O)NC(CSC(C)=O)C(OCC)OCC. The van der Waals surface area contributed by atoms with E-state index in [2.05, 4.69) is 11.9 Å². The molecule has 0 heterocycles. The van der Waals surface area contributed by atoms with Crippen LogP contribution in [0.25, 0.3) is 0 Å². The van der Waals surface area contributed by atoms with Gasteiger partial charge in [0.1, 0.15) is 6.61 Å². The highest BCUT2D eigenvalue weighted by molar-refractivity contribution is 8.13. The van der Waals surface area contributed by atoms with Crippen molar-refractivity contribution in [1.82, 2.24) is 5.32 Å². The Morgan fingerprint density at radius 3 is 2.35 bits per heavy atom. The van der Waals surface area contributed by atoms with E-state index in [4.69, 9.17) is 14.2 Å². The first kappa shape index (κ1) is 18.9. The maximum Gasteiger partial charge on any atom is 0.407 e. The molecule has 0 aromatic carbocycles. The van der Waals surface area contributed by atoms with Crippen LogP contribution in [-0.2, 0) is 19.0 Å². The van der Waals surface area contributed by atoms with Gasteiger partial charge in [0.25, 0.3) is 0 Å². The zero-order valence-corrected chi connectivity index (χ0v) is 13.0. The zero-order valence-electron chi connectivity index (χ0n) is 12.2. The van der Waals surface area contributed by atoms with Crippen LogP contribution in [0.3, 0.4) is 0 Å². The molecule has 0 radical (unpaired) electrons. The van der Waals surface area contributed by atoms with Gasteiger partial charge in [0.2, 0.25) is 0 Å². The average molecular weight is 305 g/mol. The van der Waals surface area contributed by atoms with Gasteiger partial charge in [-0.1, -0.05) is 24.4 Å². The smallest absolute Gasteiger partial charge is 0.407 e. The van der Waals surface area contributed by atoms with Gasteiger partial charge in [0.05, 0.1) is 6.04 Å². The molecule has 0 aliphatic rings. The molecule has 1 atom stereocenters. The summed E-state index contributed by atoms with van der Waals surface area (Å²) in [6, 6.07) is -0.471. The van der Waals surface area contributed by atoms with Gasteiger partial charge < -0.3 is 19.5 Å². The normalized spacial score (nSPS) is 12.0. The van der Waals surface area contributed by atoms with Crippen molar-refractivity contribution in [2.75, 3.05) is 25.6 Å². The molecule has 0 aliphatic heterocycles. The van der Waals surface area contributed by atoms with Gasteiger partial charge in [0.15, 0.2) is 11.4 Å². The highest BCUT2D eigenvalue weighted by atomic mass is 32.2. The Bertz CT molecular complexity index is 305. The lowest BCUT2D eigenvalue weighted by Gasteiger charge is -2.26. The minimum atomic E-state index is -0.617. The molecule has 7 heteroatoms. The molecule has 0 saturated heterocycles. The van der Waals surface area contributed by atoms with Crippen molar-refractivity contribution in [2.45, 2.75) is 33.1 Å². The van der Waals surface area contributed by atoms with E-state index in [1.807, 2.05) is 13.8 Å². The maximum absolute atomic E-state index is 11.6. The van der Waals surface area contributed by atoms with Crippen LogP contribution < -0.4 is 5.32 Å². The highest BCUT2D eigenvalue weighted by Crippen LogP contribution is 2.11. The third kappa shape index (κ3) is 8.95. The lowest BCUT2D eigenvalue weighted by molar-refractivity contribution is -0.149. The number of carbonyl (C=O) groups excluding carboxylic acids is 2. The van der Waals surface area contributed by atoms with Gasteiger partial charge in [-0.25, -0.2) is 4.79 Å². The van der Waals surface area contributed by atoms with Crippen LogP contribution in [0.1, 0.15) is 20.8 Å². The number of alkyl carbamates (subject to hydrolysis) is 1. The summed E-state index contributed by atoms with van der Waals surface area (Å²) in [5, 5.41) is 2.61. The summed E-state index contributed by atoms with van der Waals surface area (Å²) in [5.41, 5.74) is 0. The van der Waals surface area contributed by atoms with Crippen LogP contribution in [0.4, 0.5) is 4.79 Å². The van der Waals surface area contributed by atoms with Crippen molar-refractivity contribution >= 4 is 23.0 Å². The Kier molecular flexibility index (Phi) is 11.1.